The number of aromatic nitrogens is 2. The number of hydrogen-bond donors (Lipinski definition) is 0. The molecular formula is C24H27ClN4. The molecule has 2 aliphatic rings. The second-order valence-electron chi connectivity index (χ2n) is 8.17. The predicted octanol–water partition coefficient (Wildman–Crippen LogP) is 5.12. The molecule has 1 aromatic heterocycles. The van der Waals surface area contributed by atoms with Gasteiger partial charge in [0.2, 0.25) is 0 Å². The lowest BCUT2D eigenvalue weighted by Gasteiger charge is -2.39. The highest BCUT2D eigenvalue weighted by atomic mass is 35.5. The van der Waals surface area contributed by atoms with Crippen molar-refractivity contribution in [2.45, 2.75) is 31.3 Å². The van der Waals surface area contributed by atoms with Crippen LogP contribution in [0.1, 0.15) is 25.3 Å². The first-order chi connectivity index (χ1) is 14.3. The van der Waals surface area contributed by atoms with Gasteiger partial charge in [-0.1, -0.05) is 41.9 Å². The molecular weight excluding hydrogens is 380 g/mol. The van der Waals surface area contributed by atoms with Crippen LogP contribution in [0, 0.1) is 0 Å². The number of benzene rings is 2. The van der Waals surface area contributed by atoms with Crippen LogP contribution in [0.4, 0.5) is 5.69 Å². The molecule has 2 aromatic carbocycles. The van der Waals surface area contributed by atoms with Gasteiger partial charge in [0.25, 0.3) is 0 Å². The molecule has 3 aromatic rings. The van der Waals surface area contributed by atoms with Gasteiger partial charge in [0.15, 0.2) is 0 Å². The fraction of sp³-hybridized carbons (Fsp3) is 0.375. The Bertz CT molecular complexity index is 929. The van der Waals surface area contributed by atoms with Crippen LogP contribution in [-0.4, -0.2) is 46.9 Å². The Morgan fingerprint density at radius 1 is 0.793 bits per heavy atom. The highest BCUT2D eigenvalue weighted by Gasteiger charge is 2.32. The van der Waals surface area contributed by atoms with Crippen molar-refractivity contribution in [1.82, 2.24) is 14.7 Å². The molecule has 1 aliphatic carbocycles. The van der Waals surface area contributed by atoms with E-state index in [4.69, 9.17) is 16.7 Å². The van der Waals surface area contributed by atoms with Gasteiger partial charge in [0.05, 0.1) is 11.7 Å². The van der Waals surface area contributed by atoms with E-state index < -0.39 is 0 Å². The summed E-state index contributed by atoms with van der Waals surface area (Å²) in [4.78, 5) is 5.16. The molecule has 2 unspecified atom stereocenters. The maximum absolute atomic E-state index is 6.03. The standard InChI is InChI=1S/C24H27ClN4/c25-20-6-8-21(9-7-20)27-14-16-28(17-15-27)22-10-11-23(18-22)29-13-12-24(26-29)19-4-2-1-3-5-19/h1-9,12-13,22-23H,10-11,14-18H2. The van der Waals surface area contributed by atoms with E-state index in [-0.39, 0.29) is 0 Å². The summed E-state index contributed by atoms with van der Waals surface area (Å²) in [5.41, 5.74) is 3.55. The summed E-state index contributed by atoms with van der Waals surface area (Å²) in [6.07, 6.45) is 5.86. The van der Waals surface area contributed by atoms with Gasteiger partial charge in [-0.05, 0) is 49.6 Å². The Labute approximate surface area is 177 Å². The van der Waals surface area contributed by atoms with Gasteiger partial charge in [-0.15, -0.1) is 0 Å². The Hall–Kier alpha value is -2.30. The third kappa shape index (κ3) is 4.05. The summed E-state index contributed by atoms with van der Waals surface area (Å²) in [5, 5.41) is 5.68. The topological polar surface area (TPSA) is 24.3 Å². The van der Waals surface area contributed by atoms with E-state index in [1.165, 1.54) is 30.5 Å². The minimum Gasteiger partial charge on any atom is -0.369 e. The summed E-state index contributed by atoms with van der Waals surface area (Å²) in [7, 11) is 0. The molecule has 1 saturated carbocycles. The molecule has 2 heterocycles. The van der Waals surface area contributed by atoms with Crippen molar-refractivity contribution in [3.63, 3.8) is 0 Å². The molecule has 1 aliphatic heterocycles. The quantitative estimate of drug-likeness (QED) is 0.601. The maximum Gasteiger partial charge on any atom is 0.0923 e. The largest absolute Gasteiger partial charge is 0.369 e. The van der Waals surface area contributed by atoms with Crippen LogP contribution in [0.15, 0.2) is 66.9 Å². The van der Waals surface area contributed by atoms with E-state index >= 15 is 0 Å². The van der Waals surface area contributed by atoms with Gasteiger partial charge in [-0.25, -0.2) is 0 Å². The minimum atomic E-state index is 0.520. The van der Waals surface area contributed by atoms with Gasteiger partial charge in [0, 0.05) is 54.7 Å². The Kier molecular flexibility index (Phi) is 5.30. The molecule has 2 atom stereocenters. The normalized spacial score (nSPS) is 22.9. The first-order valence-electron chi connectivity index (χ1n) is 10.6. The van der Waals surface area contributed by atoms with Crippen molar-refractivity contribution in [3.8, 4) is 11.3 Å². The van der Waals surface area contributed by atoms with E-state index in [1.807, 2.05) is 12.1 Å². The first kappa shape index (κ1) is 18.7. The molecule has 29 heavy (non-hydrogen) atoms. The van der Waals surface area contributed by atoms with Crippen molar-refractivity contribution in [1.29, 1.82) is 0 Å². The lowest BCUT2D eigenvalue weighted by Crippen LogP contribution is -2.49. The molecule has 0 N–H and O–H groups in total. The number of hydrogen-bond acceptors (Lipinski definition) is 3. The number of rotatable bonds is 4. The van der Waals surface area contributed by atoms with Gasteiger partial charge >= 0.3 is 0 Å². The van der Waals surface area contributed by atoms with Gasteiger partial charge in [0.1, 0.15) is 0 Å². The molecule has 150 valence electrons. The van der Waals surface area contributed by atoms with Crippen LogP contribution in [-0.2, 0) is 0 Å². The highest BCUT2D eigenvalue weighted by molar-refractivity contribution is 6.30. The number of anilines is 1. The lowest BCUT2D eigenvalue weighted by molar-refractivity contribution is 0.183. The van der Waals surface area contributed by atoms with Crippen molar-refractivity contribution in [3.05, 3.63) is 71.9 Å². The summed E-state index contributed by atoms with van der Waals surface area (Å²) in [5.74, 6) is 0. The number of piperazine rings is 1. The lowest BCUT2D eigenvalue weighted by atomic mass is 10.1. The molecule has 0 radical (unpaired) electrons. The van der Waals surface area contributed by atoms with Crippen molar-refractivity contribution >= 4 is 17.3 Å². The van der Waals surface area contributed by atoms with E-state index in [9.17, 15) is 0 Å². The highest BCUT2D eigenvalue weighted by Crippen LogP contribution is 2.34. The van der Waals surface area contributed by atoms with Gasteiger partial charge < -0.3 is 4.90 Å². The average molecular weight is 407 g/mol. The van der Waals surface area contributed by atoms with Crippen molar-refractivity contribution in [2.24, 2.45) is 0 Å². The zero-order valence-corrected chi connectivity index (χ0v) is 17.4. The third-order valence-electron chi connectivity index (χ3n) is 6.45. The van der Waals surface area contributed by atoms with Crippen LogP contribution in [0.25, 0.3) is 11.3 Å². The smallest absolute Gasteiger partial charge is 0.0923 e. The van der Waals surface area contributed by atoms with Gasteiger partial charge in [-0.2, -0.15) is 5.10 Å². The zero-order valence-electron chi connectivity index (χ0n) is 16.6. The van der Waals surface area contributed by atoms with E-state index in [1.54, 1.807) is 0 Å². The fourth-order valence-corrected chi connectivity index (χ4v) is 4.93. The molecule has 0 amide bonds. The Morgan fingerprint density at radius 2 is 1.52 bits per heavy atom. The van der Waals surface area contributed by atoms with Crippen molar-refractivity contribution in [2.75, 3.05) is 31.1 Å². The SMILES string of the molecule is Clc1ccc(N2CCN(C3CCC(n4ccc(-c5ccccc5)n4)C3)CC2)cc1. The molecule has 5 rings (SSSR count). The molecule has 2 fully saturated rings. The monoisotopic (exact) mass is 406 g/mol. The predicted molar refractivity (Wildman–Crippen MR) is 120 cm³/mol. The second kappa shape index (κ2) is 8.21. The molecule has 5 heteroatoms. The summed E-state index contributed by atoms with van der Waals surface area (Å²) in [6, 6.07) is 22.0. The summed E-state index contributed by atoms with van der Waals surface area (Å²) >= 11 is 6.03. The van der Waals surface area contributed by atoms with E-state index in [0.717, 1.165) is 36.9 Å². The molecule has 1 saturated heterocycles. The van der Waals surface area contributed by atoms with Crippen molar-refractivity contribution < 1.29 is 0 Å². The van der Waals surface area contributed by atoms with Crippen LogP contribution in [0.3, 0.4) is 0 Å². The zero-order chi connectivity index (χ0) is 19.6. The van der Waals surface area contributed by atoms with Crippen LogP contribution in [0.5, 0.6) is 0 Å². The van der Waals surface area contributed by atoms with Gasteiger partial charge in [-0.3, -0.25) is 9.58 Å². The van der Waals surface area contributed by atoms with Crippen LogP contribution >= 0.6 is 11.6 Å². The first-order valence-corrected chi connectivity index (χ1v) is 11.0. The van der Waals surface area contributed by atoms with E-state index in [0.29, 0.717) is 12.1 Å². The van der Waals surface area contributed by atoms with E-state index in [2.05, 4.69) is 69.2 Å². The minimum absolute atomic E-state index is 0.520. The Morgan fingerprint density at radius 3 is 2.28 bits per heavy atom. The molecule has 0 spiro atoms. The van der Waals surface area contributed by atoms with Crippen LogP contribution < -0.4 is 4.90 Å². The number of halogens is 1. The molecule has 0 bridgehead atoms. The fourth-order valence-electron chi connectivity index (χ4n) is 4.81. The number of nitrogens with zero attached hydrogens (tertiary/aromatic N) is 4. The van der Waals surface area contributed by atoms with Crippen LogP contribution in [0.2, 0.25) is 5.02 Å². The third-order valence-corrected chi connectivity index (χ3v) is 6.70. The maximum atomic E-state index is 6.03. The Balaban J connectivity index is 1.18. The molecule has 4 nitrogen and oxygen atoms in total. The average Bonchev–Trinajstić information content (AvgIpc) is 3.45. The summed E-state index contributed by atoms with van der Waals surface area (Å²) in [6.45, 7) is 4.44. The second-order valence-corrected chi connectivity index (χ2v) is 8.60. The summed E-state index contributed by atoms with van der Waals surface area (Å²) < 4.78 is 2.20.